The van der Waals surface area contributed by atoms with E-state index < -0.39 is 0 Å². The Balaban J connectivity index is 1.36. The van der Waals surface area contributed by atoms with Crippen LogP contribution in [0, 0.1) is 5.82 Å². The number of fused-ring (bicyclic) bond motifs is 2. The Labute approximate surface area is 146 Å². The Kier molecular flexibility index (Phi) is 4.40. The van der Waals surface area contributed by atoms with Crippen molar-refractivity contribution in [1.29, 1.82) is 0 Å². The number of aliphatic imine (C=N–C) groups is 1. The van der Waals surface area contributed by atoms with E-state index in [4.69, 9.17) is 4.74 Å². The average Bonchev–Trinajstić information content (AvgIpc) is 3.36. The normalized spacial score (nSPS) is 25.4. The summed E-state index contributed by atoms with van der Waals surface area (Å²) in [7, 11) is 1.74. The highest BCUT2D eigenvalue weighted by atomic mass is 19.1. The van der Waals surface area contributed by atoms with Crippen LogP contribution in [0.3, 0.4) is 0 Å². The summed E-state index contributed by atoms with van der Waals surface area (Å²) in [6.45, 7) is 0.502. The lowest BCUT2D eigenvalue weighted by Crippen LogP contribution is -2.47. The van der Waals surface area contributed by atoms with Crippen molar-refractivity contribution in [2.45, 2.75) is 44.1 Å². The predicted octanol–water partition coefficient (Wildman–Crippen LogP) is 2.00. The van der Waals surface area contributed by atoms with Crippen LogP contribution in [0.1, 0.15) is 24.8 Å². The number of ether oxygens (including phenoxy) is 1. The van der Waals surface area contributed by atoms with Gasteiger partial charge in [0.2, 0.25) is 0 Å². The van der Waals surface area contributed by atoms with Crippen LogP contribution in [0.25, 0.3) is 5.69 Å². The summed E-state index contributed by atoms with van der Waals surface area (Å²) in [5.41, 5.74) is 1.34. The zero-order chi connectivity index (χ0) is 17.2. The van der Waals surface area contributed by atoms with E-state index in [1.165, 1.54) is 6.07 Å². The van der Waals surface area contributed by atoms with Crippen LogP contribution >= 0.6 is 0 Å². The van der Waals surface area contributed by atoms with Gasteiger partial charge in [-0.15, -0.1) is 0 Å². The molecule has 2 bridgehead atoms. The van der Waals surface area contributed by atoms with Crippen molar-refractivity contribution in [1.82, 2.24) is 20.2 Å². The Morgan fingerprint density at radius 1 is 1.44 bits per heavy atom. The molecule has 0 aliphatic carbocycles. The summed E-state index contributed by atoms with van der Waals surface area (Å²) in [5, 5.41) is 6.67. The molecule has 2 aromatic rings. The first-order chi connectivity index (χ1) is 12.2. The first kappa shape index (κ1) is 16.1. The lowest BCUT2D eigenvalue weighted by molar-refractivity contribution is 0.0992. The molecule has 3 unspecified atom stereocenters. The van der Waals surface area contributed by atoms with Gasteiger partial charge >= 0.3 is 0 Å². The second-order valence-corrected chi connectivity index (χ2v) is 6.54. The second kappa shape index (κ2) is 6.84. The Hall–Kier alpha value is -2.41. The maximum absolute atomic E-state index is 14.3. The molecule has 0 saturated carbocycles. The van der Waals surface area contributed by atoms with Gasteiger partial charge in [0.15, 0.2) is 5.96 Å². The summed E-state index contributed by atoms with van der Waals surface area (Å²) in [5.74, 6) is 0.446. The minimum Gasteiger partial charge on any atom is -0.373 e. The molecule has 2 aliphatic heterocycles. The van der Waals surface area contributed by atoms with Crippen molar-refractivity contribution in [2.24, 2.45) is 4.99 Å². The first-order valence-electron chi connectivity index (χ1n) is 8.62. The van der Waals surface area contributed by atoms with Gasteiger partial charge in [-0.3, -0.25) is 4.99 Å². The summed E-state index contributed by atoms with van der Waals surface area (Å²) < 4.78 is 21.8. The number of nitrogens with zero attached hydrogens (tertiary/aromatic N) is 3. The van der Waals surface area contributed by atoms with E-state index in [9.17, 15) is 4.39 Å². The molecule has 0 amide bonds. The largest absolute Gasteiger partial charge is 0.373 e. The minimum absolute atomic E-state index is 0.276. The smallest absolute Gasteiger partial charge is 0.191 e. The molecule has 3 heterocycles. The van der Waals surface area contributed by atoms with Gasteiger partial charge in [-0.2, -0.15) is 0 Å². The van der Waals surface area contributed by atoms with E-state index >= 15 is 0 Å². The van der Waals surface area contributed by atoms with Crippen LogP contribution in [0.2, 0.25) is 0 Å². The highest BCUT2D eigenvalue weighted by Crippen LogP contribution is 2.34. The number of nitrogens with one attached hydrogen (secondary N) is 2. The fourth-order valence-corrected chi connectivity index (χ4v) is 3.62. The van der Waals surface area contributed by atoms with Crippen LogP contribution in [0.15, 0.2) is 41.9 Å². The SMILES string of the molecule is CN=C(NCc1ccc(-n2ccnc2)c(F)c1)NC1CC2CCC1O2. The average molecular weight is 343 g/mol. The Morgan fingerprint density at radius 3 is 3.00 bits per heavy atom. The fraction of sp³-hybridized carbons (Fsp3) is 0.444. The number of hydrogen-bond donors (Lipinski definition) is 2. The van der Waals surface area contributed by atoms with E-state index in [1.807, 2.05) is 6.07 Å². The standard InChI is InChI=1S/C18H22FN5O/c1-20-18(23-15-9-13-3-5-17(15)25-13)22-10-12-2-4-16(14(19)8-12)24-7-6-21-11-24/h2,4,6-8,11,13,15,17H,3,5,9-10H2,1H3,(H2,20,22,23). The minimum atomic E-state index is -0.276. The molecule has 1 aromatic heterocycles. The topological polar surface area (TPSA) is 63.5 Å². The zero-order valence-corrected chi connectivity index (χ0v) is 14.2. The van der Waals surface area contributed by atoms with Gasteiger partial charge in [0, 0.05) is 26.0 Å². The quantitative estimate of drug-likeness (QED) is 0.658. The third-order valence-corrected chi connectivity index (χ3v) is 4.91. The van der Waals surface area contributed by atoms with Crippen LogP contribution in [-0.2, 0) is 11.3 Å². The van der Waals surface area contributed by atoms with E-state index in [2.05, 4.69) is 20.6 Å². The number of halogens is 1. The van der Waals surface area contributed by atoms with Crippen molar-refractivity contribution in [3.63, 3.8) is 0 Å². The van der Waals surface area contributed by atoms with E-state index in [0.717, 1.165) is 30.8 Å². The van der Waals surface area contributed by atoms with Crippen LogP contribution in [0.5, 0.6) is 0 Å². The number of guanidine groups is 1. The number of imidazole rings is 1. The van der Waals surface area contributed by atoms with E-state index in [-0.39, 0.29) is 11.9 Å². The van der Waals surface area contributed by atoms with Gasteiger partial charge in [-0.25, -0.2) is 9.37 Å². The highest BCUT2D eigenvalue weighted by molar-refractivity contribution is 5.80. The van der Waals surface area contributed by atoms with Crippen molar-refractivity contribution < 1.29 is 9.13 Å². The van der Waals surface area contributed by atoms with E-state index in [1.54, 1.807) is 36.4 Å². The molecule has 3 atom stereocenters. The second-order valence-electron chi connectivity index (χ2n) is 6.54. The lowest BCUT2D eigenvalue weighted by atomic mass is 9.96. The third-order valence-electron chi connectivity index (χ3n) is 4.91. The van der Waals surface area contributed by atoms with E-state index in [0.29, 0.717) is 24.4 Å². The molecule has 6 nitrogen and oxygen atoms in total. The Morgan fingerprint density at radius 2 is 2.36 bits per heavy atom. The lowest BCUT2D eigenvalue weighted by Gasteiger charge is -2.22. The number of benzene rings is 1. The van der Waals surface area contributed by atoms with Gasteiger partial charge < -0.3 is 19.9 Å². The summed E-state index contributed by atoms with van der Waals surface area (Å²) >= 11 is 0. The number of hydrogen-bond acceptors (Lipinski definition) is 3. The van der Waals surface area contributed by atoms with Crippen LogP contribution < -0.4 is 10.6 Å². The third kappa shape index (κ3) is 3.37. The van der Waals surface area contributed by atoms with Crippen LogP contribution in [-0.4, -0.2) is 40.8 Å². The maximum Gasteiger partial charge on any atom is 0.191 e. The van der Waals surface area contributed by atoms with Crippen molar-refractivity contribution >= 4 is 5.96 Å². The monoisotopic (exact) mass is 343 g/mol. The molecule has 2 N–H and O–H groups in total. The first-order valence-corrected chi connectivity index (χ1v) is 8.62. The molecule has 0 spiro atoms. The van der Waals surface area contributed by atoms with Crippen molar-refractivity contribution in [3.05, 3.63) is 48.3 Å². The zero-order valence-electron chi connectivity index (χ0n) is 14.2. The molecule has 2 aliphatic rings. The Bertz CT molecular complexity index is 761. The highest BCUT2D eigenvalue weighted by Gasteiger charge is 2.41. The molecular formula is C18H22FN5O. The summed E-state index contributed by atoms with van der Waals surface area (Å²) in [6, 6.07) is 5.51. The molecule has 1 aromatic carbocycles. The number of aromatic nitrogens is 2. The van der Waals surface area contributed by atoms with Gasteiger partial charge in [-0.1, -0.05) is 6.07 Å². The van der Waals surface area contributed by atoms with Gasteiger partial charge in [0.1, 0.15) is 5.82 Å². The van der Waals surface area contributed by atoms with Crippen molar-refractivity contribution in [3.8, 4) is 5.69 Å². The fourth-order valence-electron chi connectivity index (χ4n) is 3.62. The maximum atomic E-state index is 14.3. The molecule has 25 heavy (non-hydrogen) atoms. The molecule has 132 valence electrons. The molecule has 7 heteroatoms. The molecule has 2 saturated heterocycles. The summed E-state index contributed by atoms with van der Waals surface area (Å²) in [4.78, 5) is 8.21. The summed E-state index contributed by atoms with van der Waals surface area (Å²) in [6.07, 6.45) is 8.92. The molecule has 0 radical (unpaired) electrons. The van der Waals surface area contributed by atoms with Gasteiger partial charge in [0.05, 0.1) is 30.3 Å². The molecule has 4 rings (SSSR count). The van der Waals surface area contributed by atoms with Gasteiger partial charge in [-0.05, 0) is 37.0 Å². The van der Waals surface area contributed by atoms with Gasteiger partial charge in [0.25, 0.3) is 0 Å². The molecular weight excluding hydrogens is 321 g/mol. The number of rotatable bonds is 4. The molecule has 2 fully saturated rings. The van der Waals surface area contributed by atoms with Crippen LogP contribution in [0.4, 0.5) is 4.39 Å². The van der Waals surface area contributed by atoms with Crippen molar-refractivity contribution in [2.75, 3.05) is 7.05 Å². The predicted molar refractivity (Wildman–Crippen MR) is 93.2 cm³/mol.